The van der Waals surface area contributed by atoms with Gasteiger partial charge in [0.25, 0.3) is 5.52 Å². The van der Waals surface area contributed by atoms with Gasteiger partial charge in [-0.05, 0) is 32.0 Å². The predicted octanol–water partition coefficient (Wildman–Crippen LogP) is 4.28. The smallest absolute Gasteiger partial charge is 0.374 e. The fraction of sp³-hybridized carbons (Fsp3) is 0.167. The maximum absolute atomic E-state index is 12.8. The number of aliphatic hydroxyl groups is 1. The normalized spacial score (nSPS) is 18.3. The van der Waals surface area contributed by atoms with Gasteiger partial charge in [-0.15, -0.1) is 0 Å². The molecular weight excluding hydrogens is 380 g/mol. The monoisotopic (exact) mass is 401 g/mol. The minimum atomic E-state index is -0.237. The van der Waals surface area contributed by atoms with E-state index in [0.29, 0.717) is 24.9 Å². The first-order valence-corrected chi connectivity index (χ1v) is 9.99. The van der Waals surface area contributed by atoms with E-state index in [1.165, 1.54) is 0 Å². The van der Waals surface area contributed by atoms with Crippen LogP contribution in [0.2, 0.25) is 0 Å². The highest BCUT2D eigenvalue weighted by molar-refractivity contribution is 6.23. The van der Waals surface area contributed by atoms with E-state index in [1.54, 1.807) is 12.2 Å². The summed E-state index contributed by atoms with van der Waals surface area (Å²) in [5, 5.41) is 10.6. The molecule has 0 atom stereocenters. The number of fused-ring (bicyclic) bond motifs is 2. The minimum Gasteiger partial charge on any atom is -0.506 e. The molecule has 0 unspecified atom stereocenters. The molecule has 0 amide bonds. The van der Waals surface area contributed by atoms with Crippen LogP contribution >= 0.6 is 0 Å². The molecule has 2 aliphatic rings. The third-order valence-electron chi connectivity index (χ3n) is 5.44. The van der Waals surface area contributed by atoms with Crippen LogP contribution in [-0.2, 0) is 11.3 Å². The van der Waals surface area contributed by atoms with Crippen LogP contribution in [0.1, 0.15) is 19.7 Å². The number of nitrogens with zero attached hydrogens (tertiary/aromatic N) is 2. The van der Waals surface area contributed by atoms with Crippen LogP contribution in [0.4, 0.5) is 5.69 Å². The zero-order valence-corrected chi connectivity index (χ0v) is 16.8. The van der Waals surface area contributed by atoms with Gasteiger partial charge in [0.1, 0.15) is 12.3 Å². The van der Waals surface area contributed by atoms with Gasteiger partial charge in [-0.25, -0.2) is 0 Å². The summed E-state index contributed by atoms with van der Waals surface area (Å²) >= 11 is 0. The molecule has 1 aromatic heterocycles. The van der Waals surface area contributed by atoms with Crippen molar-refractivity contribution in [2.24, 2.45) is 0 Å². The lowest BCUT2D eigenvalue weighted by molar-refractivity contribution is -0.674. The summed E-state index contributed by atoms with van der Waals surface area (Å²) in [6.45, 7) is 5.38. The van der Waals surface area contributed by atoms with Crippen molar-refractivity contribution in [3.8, 4) is 5.75 Å². The number of aliphatic hydroxyl groups excluding tert-OH is 1. The van der Waals surface area contributed by atoms with E-state index in [-0.39, 0.29) is 22.7 Å². The molecule has 0 fully saturated rings. The van der Waals surface area contributed by atoms with Gasteiger partial charge in [-0.3, -0.25) is 4.79 Å². The summed E-state index contributed by atoms with van der Waals surface area (Å²) in [4.78, 5) is 14.8. The summed E-state index contributed by atoms with van der Waals surface area (Å²) in [6, 6.07) is 15.4. The summed E-state index contributed by atoms with van der Waals surface area (Å²) in [5.74, 6) is 1.50. The Bertz CT molecular complexity index is 1280. The van der Waals surface area contributed by atoms with E-state index in [4.69, 9.17) is 9.15 Å². The number of benzene rings is 2. The van der Waals surface area contributed by atoms with Gasteiger partial charge in [0.05, 0.1) is 22.9 Å². The van der Waals surface area contributed by atoms with Crippen molar-refractivity contribution in [3.63, 3.8) is 0 Å². The molecule has 1 aliphatic carbocycles. The molecule has 2 aromatic carbocycles. The minimum absolute atomic E-state index is 0.0498. The van der Waals surface area contributed by atoms with Crippen molar-refractivity contribution in [2.75, 3.05) is 11.4 Å². The van der Waals surface area contributed by atoms with Crippen LogP contribution in [0.3, 0.4) is 0 Å². The van der Waals surface area contributed by atoms with Gasteiger partial charge in [-0.2, -0.15) is 4.57 Å². The fourth-order valence-electron chi connectivity index (χ4n) is 3.93. The highest BCUT2D eigenvalue weighted by Crippen LogP contribution is 2.40. The number of hydrogen-bond donors (Lipinski definition) is 1. The molecule has 30 heavy (non-hydrogen) atoms. The molecule has 1 aliphatic heterocycles. The number of hydrogen-bond acceptors (Lipinski definition) is 5. The number of Topliss-reactive ketones (excluding diaryl/α,β-unsaturated/α-hetero) is 1. The predicted molar refractivity (Wildman–Crippen MR) is 113 cm³/mol. The Balaban J connectivity index is 1.51. The molecule has 5 rings (SSSR count). The van der Waals surface area contributed by atoms with Crippen molar-refractivity contribution in [2.45, 2.75) is 20.4 Å². The number of rotatable bonds is 4. The summed E-state index contributed by atoms with van der Waals surface area (Å²) in [5.41, 5.74) is 3.10. The number of aromatic nitrogens is 1. The van der Waals surface area contributed by atoms with Crippen LogP contribution in [0, 0.1) is 0 Å². The van der Waals surface area contributed by atoms with Crippen molar-refractivity contribution in [3.05, 3.63) is 83.3 Å². The number of para-hydroxylation sites is 4. The second-order valence-electron chi connectivity index (χ2n) is 7.10. The first kappa shape index (κ1) is 18.2. The van der Waals surface area contributed by atoms with Gasteiger partial charge in [-0.1, -0.05) is 24.3 Å². The third-order valence-corrected chi connectivity index (χ3v) is 5.44. The highest BCUT2D eigenvalue weighted by atomic mass is 16.5. The lowest BCUT2D eigenvalue weighted by Gasteiger charge is -2.20. The van der Waals surface area contributed by atoms with E-state index >= 15 is 0 Å². The Morgan fingerprint density at radius 1 is 1.07 bits per heavy atom. The van der Waals surface area contributed by atoms with Gasteiger partial charge in [0.2, 0.25) is 17.2 Å². The number of carbonyl (C=O) groups excluding carboxylic acids is 1. The highest BCUT2D eigenvalue weighted by Gasteiger charge is 2.36. The molecule has 150 valence electrons. The molecule has 0 bridgehead atoms. The van der Waals surface area contributed by atoms with Crippen molar-refractivity contribution >= 4 is 28.6 Å². The Morgan fingerprint density at radius 2 is 1.83 bits per heavy atom. The largest absolute Gasteiger partial charge is 0.506 e. The van der Waals surface area contributed by atoms with E-state index in [2.05, 4.69) is 0 Å². The first-order valence-electron chi connectivity index (χ1n) is 9.99. The number of aryl methyl sites for hydroxylation is 1. The lowest BCUT2D eigenvalue weighted by Crippen LogP contribution is -2.34. The third kappa shape index (κ3) is 2.64. The van der Waals surface area contributed by atoms with Crippen LogP contribution in [0.5, 0.6) is 5.75 Å². The number of ether oxygens (including phenoxy) is 1. The van der Waals surface area contributed by atoms with E-state index in [9.17, 15) is 9.90 Å². The SMILES string of the molecule is CCN1/C(=C/C2=C(O)C(=C/c3oc4ccccc4[n+]3CC)/C2=O)Oc2ccccc21. The second-order valence-corrected chi connectivity index (χ2v) is 7.10. The van der Waals surface area contributed by atoms with Crippen LogP contribution in [0.15, 0.2) is 81.8 Å². The Labute approximate surface area is 173 Å². The lowest BCUT2D eigenvalue weighted by atomic mass is 9.87. The Morgan fingerprint density at radius 3 is 2.60 bits per heavy atom. The average molecular weight is 401 g/mol. The molecule has 1 N–H and O–H groups in total. The van der Waals surface area contributed by atoms with Gasteiger partial charge in [0.15, 0.2) is 5.75 Å². The number of anilines is 1. The van der Waals surface area contributed by atoms with Crippen LogP contribution < -0.4 is 14.2 Å². The summed E-state index contributed by atoms with van der Waals surface area (Å²) in [6.07, 6.45) is 3.20. The molecule has 0 saturated heterocycles. The Hall–Kier alpha value is -3.80. The molecule has 6 nitrogen and oxygen atoms in total. The number of carbonyl (C=O) groups is 1. The molecule has 0 radical (unpaired) electrons. The zero-order chi connectivity index (χ0) is 20.8. The number of ketones is 1. The average Bonchev–Trinajstić information content (AvgIpc) is 3.32. The summed E-state index contributed by atoms with van der Waals surface area (Å²) < 4.78 is 13.7. The molecule has 6 heteroatoms. The molecule has 0 spiro atoms. The molecule has 2 heterocycles. The molecule has 0 saturated carbocycles. The standard InChI is InChI=1S/C24H20N2O4/c1-3-25-17-9-5-7-11-19(17)29-21(25)13-15-23(27)16(24(15)28)14-22-26(4-2)18-10-6-8-12-20(18)30-22/h5-14H,3-4H2,1-2H3/p+1. The van der Waals surface area contributed by atoms with Crippen LogP contribution in [-0.4, -0.2) is 17.4 Å². The molecule has 3 aromatic rings. The van der Waals surface area contributed by atoms with E-state index in [0.717, 1.165) is 22.5 Å². The maximum atomic E-state index is 12.8. The topological polar surface area (TPSA) is 66.8 Å². The van der Waals surface area contributed by atoms with Gasteiger partial charge < -0.3 is 19.2 Å². The fourth-order valence-corrected chi connectivity index (χ4v) is 3.93. The molecular formula is C24H21N2O4+. The maximum Gasteiger partial charge on any atom is 0.374 e. The van der Waals surface area contributed by atoms with Crippen molar-refractivity contribution < 1.29 is 23.6 Å². The van der Waals surface area contributed by atoms with Gasteiger partial charge in [0, 0.05) is 18.7 Å². The van der Waals surface area contributed by atoms with Gasteiger partial charge >= 0.3 is 5.89 Å². The van der Waals surface area contributed by atoms with Crippen molar-refractivity contribution in [1.29, 1.82) is 0 Å². The Kier molecular flexibility index (Phi) is 4.20. The second kappa shape index (κ2) is 6.91. The number of allylic oxidation sites excluding steroid dienone is 3. The van der Waals surface area contributed by atoms with Crippen molar-refractivity contribution in [1.82, 2.24) is 0 Å². The van der Waals surface area contributed by atoms with Crippen LogP contribution in [0.25, 0.3) is 17.2 Å². The van der Waals surface area contributed by atoms with E-state index in [1.807, 2.05) is 71.8 Å². The first-order chi connectivity index (χ1) is 14.6. The summed E-state index contributed by atoms with van der Waals surface area (Å²) in [7, 11) is 0. The number of oxazole rings is 1. The quantitative estimate of drug-likeness (QED) is 0.522. The van der Waals surface area contributed by atoms with E-state index < -0.39 is 0 Å². The zero-order valence-electron chi connectivity index (χ0n) is 16.8.